The highest BCUT2D eigenvalue weighted by Crippen LogP contribution is 2.31. The van der Waals surface area contributed by atoms with Crippen LogP contribution in [0.2, 0.25) is 0 Å². The van der Waals surface area contributed by atoms with Crippen LogP contribution in [0, 0.1) is 6.92 Å². The summed E-state index contributed by atoms with van der Waals surface area (Å²) in [7, 11) is 1.71. The van der Waals surface area contributed by atoms with E-state index in [9.17, 15) is 0 Å². The number of rotatable bonds is 4. The van der Waals surface area contributed by atoms with Gasteiger partial charge in [-0.15, -0.1) is 0 Å². The van der Waals surface area contributed by atoms with Gasteiger partial charge in [0.15, 0.2) is 6.29 Å². The van der Waals surface area contributed by atoms with Crippen molar-refractivity contribution in [2.24, 2.45) is 0 Å². The third kappa shape index (κ3) is 2.82. The first-order chi connectivity index (χ1) is 9.26. The van der Waals surface area contributed by atoms with Crippen molar-refractivity contribution in [3.63, 3.8) is 0 Å². The van der Waals surface area contributed by atoms with E-state index in [1.54, 1.807) is 7.11 Å². The predicted molar refractivity (Wildman–Crippen MR) is 69.8 cm³/mol. The maximum atomic E-state index is 5.96. The molecule has 0 aromatic heterocycles. The summed E-state index contributed by atoms with van der Waals surface area (Å²) >= 11 is 0. The monoisotopic (exact) mass is 264 g/mol. The Balaban J connectivity index is 1.60. The number of benzene rings is 1. The molecule has 2 fully saturated rings. The average molecular weight is 264 g/mol. The summed E-state index contributed by atoms with van der Waals surface area (Å²) in [6.07, 6.45) is 0.679. The third-order valence-corrected chi connectivity index (χ3v) is 3.77. The first kappa shape index (κ1) is 13.1. The Bertz CT molecular complexity index is 434. The number of aryl methyl sites for hydroxylation is 1. The van der Waals surface area contributed by atoms with E-state index in [1.807, 2.05) is 6.07 Å². The zero-order valence-corrected chi connectivity index (χ0v) is 11.4. The lowest BCUT2D eigenvalue weighted by molar-refractivity contribution is -0.205. The molecule has 4 nitrogen and oxygen atoms in total. The number of methoxy groups -OCH3 is 1. The van der Waals surface area contributed by atoms with E-state index in [0.29, 0.717) is 13.2 Å². The lowest BCUT2D eigenvalue weighted by Crippen LogP contribution is -2.43. The van der Waals surface area contributed by atoms with E-state index in [4.69, 9.17) is 18.9 Å². The van der Waals surface area contributed by atoms with Crippen molar-refractivity contribution in [2.45, 2.75) is 44.6 Å². The maximum Gasteiger partial charge on any atom is 0.184 e. The SMILES string of the molecule is COC1CC(OCc2cccc(C)c2)C2OCC1O2. The van der Waals surface area contributed by atoms with Crippen LogP contribution in [0.3, 0.4) is 0 Å². The molecule has 0 amide bonds. The van der Waals surface area contributed by atoms with Crippen molar-refractivity contribution < 1.29 is 18.9 Å². The molecule has 0 aliphatic carbocycles. The molecule has 0 saturated carbocycles. The number of ether oxygens (including phenoxy) is 4. The average Bonchev–Trinajstić information content (AvgIpc) is 2.83. The molecule has 0 radical (unpaired) electrons. The largest absolute Gasteiger partial charge is 0.379 e. The van der Waals surface area contributed by atoms with Crippen molar-refractivity contribution in [2.75, 3.05) is 13.7 Å². The second-order valence-electron chi connectivity index (χ2n) is 5.22. The quantitative estimate of drug-likeness (QED) is 0.834. The van der Waals surface area contributed by atoms with E-state index in [2.05, 4.69) is 25.1 Å². The van der Waals surface area contributed by atoms with Gasteiger partial charge in [0.05, 0.1) is 19.3 Å². The number of hydrogen-bond acceptors (Lipinski definition) is 4. The molecule has 2 bridgehead atoms. The van der Waals surface area contributed by atoms with Gasteiger partial charge < -0.3 is 18.9 Å². The molecule has 4 heteroatoms. The lowest BCUT2D eigenvalue weighted by Gasteiger charge is -2.32. The Morgan fingerprint density at radius 3 is 3.00 bits per heavy atom. The van der Waals surface area contributed by atoms with E-state index in [0.717, 1.165) is 6.42 Å². The molecule has 104 valence electrons. The van der Waals surface area contributed by atoms with Crippen LogP contribution < -0.4 is 0 Å². The molecule has 1 aromatic rings. The smallest absolute Gasteiger partial charge is 0.184 e. The van der Waals surface area contributed by atoms with Gasteiger partial charge in [0.25, 0.3) is 0 Å². The van der Waals surface area contributed by atoms with Crippen LogP contribution in [0.15, 0.2) is 24.3 Å². The van der Waals surface area contributed by atoms with Gasteiger partial charge in [-0.05, 0) is 12.5 Å². The molecule has 2 saturated heterocycles. The van der Waals surface area contributed by atoms with Crippen LogP contribution in [0.1, 0.15) is 17.5 Å². The fourth-order valence-electron chi connectivity index (χ4n) is 2.72. The van der Waals surface area contributed by atoms with Gasteiger partial charge in [-0.25, -0.2) is 0 Å². The van der Waals surface area contributed by atoms with Crippen LogP contribution in [-0.4, -0.2) is 38.3 Å². The van der Waals surface area contributed by atoms with Crippen molar-refractivity contribution in [3.05, 3.63) is 35.4 Å². The standard InChI is InChI=1S/C15H20O4/c1-10-4-3-5-11(6-10)8-17-13-7-12(16-2)14-9-18-15(13)19-14/h3-6,12-15H,7-9H2,1-2H3. The maximum absolute atomic E-state index is 5.96. The third-order valence-electron chi connectivity index (χ3n) is 3.77. The Morgan fingerprint density at radius 1 is 1.32 bits per heavy atom. The highest BCUT2D eigenvalue weighted by atomic mass is 16.7. The summed E-state index contributed by atoms with van der Waals surface area (Å²) in [5, 5.41) is 0. The van der Waals surface area contributed by atoms with Crippen molar-refractivity contribution in [3.8, 4) is 0 Å². The van der Waals surface area contributed by atoms with Crippen LogP contribution >= 0.6 is 0 Å². The Morgan fingerprint density at radius 2 is 2.21 bits per heavy atom. The molecule has 2 heterocycles. The number of fused-ring (bicyclic) bond motifs is 2. The van der Waals surface area contributed by atoms with Crippen molar-refractivity contribution >= 4 is 0 Å². The summed E-state index contributed by atoms with van der Waals surface area (Å²) in [5.74, 6) is 0. The molecular formula is C15H20O4. The highest BCUT2D eigenvalue weighted by molar-refractivity contribution is 5.21. The molecule has 0 N–H and O–H groups in total. The van der Waals surface area contributed by atoms with Crippen LogP contribution in [0.4, 0.5) is 0 Å². The second-order valence-corrected chi connectivity index (χ2v) is 5.22. The van der Waals surface area contributed by atoms with Crippen LogP contribution in [-0.2, 0) is 25.6 Å². The lowest BCUT2D eigenvalue weighted by atomic mass is 10.0. The minimum absolute atomic E-state index is 0.0517. The molecule has 19 heavy (non-hydrogen) atoms. The van der Waals surface area contributed by atoms with E-state index in [-0.39, 0.29) is 24.6 Å². The van der Waals surface area contributed by atoms with E-state index in [1.165, 1.54) is 11.1 Å². The molecule has 2 aliphatic heterocycles. The van der Waals surface area contributed by atoms with Gasteiger partial charge in [0, 0.05) is 13.5 Å². The van der Waals surface area contributed by atoms with Gasteiger partial charge in [0.2, 0.25) is 0 Å². The first-order valence-electron chi connectivity index (χ1n) is 6.73. The molecular weight excluding hydrogens is 244 g/mol. The summed E-state index contributed by atoms with van der Waals surface area (Å²) in [4.78, 5) is 0. The molecule has 2 aliphatic rings. The van der Waals surface area contributed by atoms with Crippen molar-refractivity contribution in [1.29, 1.82) is 0 Å². The van der Waals surface area contributed by atoms with Gasteiger partial charge >= 0.3 is 0 Å². The molecule has 4 atom stereocenters. The fraction of sp³-hybridized carbons (Fsp3) is 0.600. The van der Waals surface area contributed by atoms with Crippen molar-refractivity contribution in [1.82, 2.24) is 0 Å². The minimum atomic E-state index is -0.235. The second kappa shape index (κ2) is 5.59. The highest BCUT2D eigenvalue weighted by Gasteiger charge is 2.44. The van der Waals surface area contributed by atoms with Gasteiger partial charge in [-0.3, -0.25) is 0 Å². The summed E-state index contributed by atoms with van der Waals surface area (Å²) in [5.41, 5.74) is 2.42. The fourth-order valence-corrected chi connectivity index (χ4v) is 2.72. The summed E-state index contributed by atoms with van der Waals surface area (Å²) in [6.45, 7) is 3.27. The summed E-state index contributed by atoms with van der Waals surface area (Å²) < 4.78 is 22.8. The van der Waals surface area contributed by atoms with E-state index < -0.39 is 0 Å². The zero-order chi connectivity index (χ0) is 13.2. The first-order valence-corrected chi connectivity index (χ1v) is 6.73. The van der Waals surface area contributed by atoms with Gasteiger partial charge in [0.1, 0.15) is 12.2 Å². The van der Waals surface area contributed by atoms with E-state index >= 15 is 0 Å². The Kier molecular flexibility index (Phi) is 3.84. The molecule has 3 rings (SSSR count). The molecule has 1 aromatic carbocycles. The molecule has 0 spiro atoms. The number of hydrogen-bond donors (Lipinski definition) is 0. The normalized spacial score (nSPS) is 33.6. The Hall–Kier alpha value is -0.940. The summed E-state index contributed by atoms with van der Waals surface area (Å²) in [6, 6.07) is 8.34. The zero-order valence-electron chi connectivity index (χ0n) is 11.4. The minimum Gasteiger partial charge on any atom is -0.379 e. The Labute approximate surface area is 113 Å². The van der Waals surface area contributed by atoms with Gasteiger partial charge in [-0.2, -0.15) is 0 Å². The predicted octanol–water partition coefficient (Wildman–Crippen LogP) is 2.04. The van der Waals surface area contributed by atoms with Crippen LogP contribution in [0.5, 0.6) is 0 Å². The topological polar surface area (TPSA) is 36.9 Å². The van der Waals surface area contributed by atoms with Gasteiger partial charge in [-0.1, -0.05) is 29.8 Å². The van der Waals surface area contributed by atoms with Crippen LogP contribution in [0.25, 0.3) is 0 Å². The molecule has 4 unspecified atom stereocenters.